The summed E-state index contributed by atoms with van der Waals surface area (Å²) in [5.41, 5.74) is -0.615. The molecule has 0 saturated heterocycles. The SMILES string of the molecule is Cn1cc(-c2cc(C(C)(C)O)ccc2Oc2ccc(F)cc2F)c2cc(C(O)NCC(F)(F)F)sc2c1=O. The van der Waals surface area contributed by atoms with Crippen LogP contribution in [-0.2, 0) is 12.6 Å². The van der Waals surface area contributed by atoms with Gasteiger partial charge in [-0.3, -0.25) is 10.1 Å². The molecule has 202 valence electrons. The molecule has 4 rings (SSSR count). The largest absolute Gasteiger partial charge is 0.454 e. The van der Waals surface area contributed by atoms with Gasteiger partial charge in [-0.05, 0) is 49.7 Å². The Labute approximate surface area is 217 Å². The minimum Gasteiger partial charge on any atom is -0.454 e. The molecule has 6 nitrogen and oxygen atoms in total. The van der Waals surface area contributed by atoms with Gasteiger partial charge in [-0.1, -0.05) is 6.07 Å². The summed E-state index contributed by atoms with van der Waals surface area (Å²) in [6, 6.07) is 8.80. The van der Waals surface area contributed by atoms with E-state index in [9.17, 15) is 37.0 Å². The molecule has 3 N–H and O–H groups in total. The average Bonchev–Trinajstić information content (AvgIpc) is 3.27. The van der Waals surface area contributed by atoms with Crippen LogP contribution >= 0.6 is 11.3 Å². The molecular formula is C26H23F5N2O4S. The van der Waals surface area contributed by atoms with Crippen LogP contribution in [0, 0.1) is 11.6 Å². The summed E-state index contributed by atoms with van der Waals surface area (Å²) in [6.45, 7) is 1.66. The highest BCUT2D eigenvalue weighted by atomic mass is 32.1. The molecular weight excluding hydrogens is 531 g/mol. The van der Waals surface area contributed by atoms with E-state index in [0.717, 1.165) is 23.5 Å². The lowest BCUT2D eigenvalue weighted by Gasteiger charge is -2.21. The maximum absolute atomic E-state index is 14.4. The van der Waals surface area contributed by atoms with E-state index in [1.807, 2.05) is 5.32 Å². The van der Waals surface area contributed by atoms with Crippen molar-refractivity contribution in [3.8, 4) is 22.6 Å². The van der Waals surface area contributed by atoms with Crippen LogP contribution in [0.2, 0.25) is 0 Å². The lowest BCUT2D eigenvalue weighted by molar-refractivity contribution is -0.131. The van der Waals surface area contributed by atoms with Crippen molar-refractivity contribution >= 4 is 21.4 Å². The average molecular weight is 555 g/mol. The van der Waals surface area contributed by atoms with Crippen LogP contribution in [0.15, 0.2) is 53.5 Å². The van der Waals surface area contributed by atoms with Gasteiger partial charge in [-0.25, -0.2) is 8.78 Å². The third-order valence-electron chi connectivity index (χ3n) is 5.73. The minimum absolute atomic E-state index is 0.0690. The Morgan fingerprint density at radius 2 is 1.74 bits per heavy atom. The predicted octanol–water partition coefficient (Wildman–Crippen LogP) is 5.71. The summed E-state index contributed by atoms with van der Waals surface area (Å²) >= 11 is 0.824. The molecule has 0 aliphatic rings. The zero-order valence-electron chi connectivity index (χ0n) is 20.4. The summed E-state index contributed by atoms with van der Waals surface area (Å²) in [5.74, 6) is -1.92. The summed E-state index contributed by atoms with van der Waals surface area (Å²) < 4.78 is 72.9. The number of aliphatic hydroxyl groups excluding tert-OH is 1. The van der Waals surface area contributed by atoms with E-state index in [1.165, 1.54) is 29.9 Å². The fraction of sp³-hybridized carbons (Fsp3) is 0.269. The van der Waals surface area contributed by atoms with Crippen molar-refractivity contribution in [1.82, 2.24) is 9.88 Å². The molecule has 12 heteroatoms. The highest BCUT2D eigenvalue weighted by molar-refractivity contribution is 7.19. The lowest BCUT2D eigenvalue weighted by atomic mass is 9.93. The highest BCUT2D eigenvalue weighted by Gasteiger charge is 2.29. The monoisotopic (exact) mass is 554 g/mol. The number of halogens is 5. The first-order chi connectivity index (χ1) is 17.6. The van der Waals surface area contributed by atoms with Gasteiger partial charge in [-0.15, -0.1) is 11.3 Å². The van der Waals surface area contributed by atoms with Crippen molar-refractivity contribution in [3.63, 3.8) is 0 Å². The Morgan fingerprint density at radius 1 is 1.05 bits per heavy atom. The number of aromatic nitrogens is 1. The number of aryl methyl sites for hydroxylation is 1. The molecule has 1 unspecified atom stereocenters. The van der Waals surface area contributed by atoms with Gasteiger partial charge >= 0.3 is 6.18 Å². The van der Waals surface area contributed by atoms with Gasteiger partial charge in [0.1, 0.15) is 22.5 Å². The standard InChI is InChI=1S/C26H23F5N2O4S/c1-25(2,36)13-4-6-19(37-20-7-5-14(27)9-18(20)28)15(8-13)17-11-33(3)24(35)22-16(17)10-21(38-22)23(34)32-12-26(29,30)31/h4-11,23,32,34,36H,12H2,1-3H3. The number of hydrogen-bond acceptors (Lipinski definition) is 6. The van der Waals surface area contributed by atoms with Crippen LogP contribution in [0.3, 0.4) is 0 Å². The second-order valence-corrected chi connectivity index (χ2v) is 10.3. The molecule has 0 bridgehead atoms. The molecule has 1 atom stereocenters. The number of benzene rings is 2. The number of fused-ring (bicyclic) bond motifs is 1. The highest BCUT2D eigenvalue weighted by Crippen LogP contribution is 2.41. The Bertz CT molecular complexity index is 1560. The van der Waals surface area contributed by atoms with Crippen LogP contribution in [0.5, 0.6) is 11.5 Å². The number of nitrogens with one attached hydrogen (secondary N) is 1. The van der Waals surface area contributed by atoms with Crippen molar-refractivity contribution in [2.45, 2.75) is 31.9 Å². The van der Waals surface area contributed by atoms with Gasteiger partial charge in [0.25, 0.3) is 5.56 Å². The first kappa shape index (κ1) is 27.7. The molecule has 4 aromatic rings. The number of hydrogen-bond donors (Lipinski definition) is 3. The zero-order chi connectivity index (χ0) is 28.0. The van der Waals surface area contributed by atoms with E-state index in [1.54, 1.807) is 26.0 Å². The van der Waals surface area contributed by atoms with Gasteiger partial charge in [0.05, 0.1) is 12.1 Å². The van der Waals surface area contributed by atoms with Crippen molar-refractivity contribution in [2.75, 3.05) is 6.54 Å². The van der Waals surface area contributed by atoms with Crippen molar-refractivity contribution in [1.29, 1.82) is 0 Å². The lowest BCUT2D eigenvalue weighted by Crippen LogP contribution is -2.31. The van der Waals surface area contributed by atoms with E-state index in [2.05, 4.69) is 0 Å². The molecule has 2 aromatic carbocycles. The molecule has 38 heavy (non-hydrogen) atoms. The third-order valence-corrected chi connectivity index (χ3v) is 6.91. The van der Waals surface area contributed by atoms with E-state index < -0.39 is 41.7 Å². The minimum atomic E-state index is -4.56. The Kier molecular flexibility index (Phi) is 7.36. The first-order valence-electron chi connectivity index (χ1n) is 11.3. The molecule has 2 heterocycles. The van der Waals surface area contributed by atoms with Crippen molar-refractivity contribution < 1.29 is 36.9 Å². The van der Waals surface area contributed by atoms with Crippen molar-refractivity contribution in [3.05, 3.63) is 81.1 Å². The van der Waals surface area contributed by atoms with Gasteiger partial charge in [0, 0.05) is 40.7 Å². The fourth-order valence-corrected chi connectivity index (χ4v) is 4.92. The number of thiophene rings is 1. The molecule has 0 fully saturated rings. The van der Waals surface area contributed by atoms with Gasteiger partial charge in [0.15, 0.2) is 11.6 Å². The van der Waals surface area contributed by atoms with Crippen LogP contribution in [0.25, 0.3) is 21.2 Å². The molecule has 2 aromatic heterocycles. The summed E-state index contributed by atoms with van der Waals surface area (Å²) in [6.07, 6.45) is -4.79. The van der Waals surface area contributed by atoms with E-state index in [-0.39, 0.29) is 21.1 Å². The molecule has 0 saturated carbocycles. The maximum atomic E-state index is 14.4. The summed E-state index contributed by atoms with van der Waals surface area (Å²) in [5, 5.41) is 23.2. The number of aliphatic hydroxyl groups is 2. The molecule has 0 radical (unpaired) electrons. The van der Waals surface area contributed by atoms with Gasteiger partial charge in [0.2, 0.25) is 0 Å². The van der Waals surface area contributed by atoms with E-state index in [0.29, 0.717) is 28.1 Å². The quantitative estimate of drug-likeness (QED) is 0.202. The second kappa shape index (κ2) is 10.1. The van der Waals surface area contributed by atoms with Crippen LogP contribution in [0.4, 0.5) is 22.0 Å². The number of alkyl halides is 3. The number of nitrogens with zero attached hydrogens (tertiary/aromatic N) is 1. The molecule has 0 spiro atoms. The smallest absolute Gasteiger partial charge is 0.401 e. The van der Waals surface area contributed by atoms with Crippen LogP contribution in [-0.4, -0.2) is 27.5 Å². The van der Waals surface area contributed by atoms with E-state index >= 15 is 0 Å². The Balaban J connectivity index is 1.90. The van der Waals surface area contributed by atoms with E-state index in [4.69, 9.17) is 4.74 Å². The van der Waals surface area contributed by atoms with Gasteiger partial charge in [-0.2, -0.15) is 13.2 Å². The second-order valence-electron chi connectivity index (χ2n) is 9.20. The number of rotatable bonds is 7. The maximum Gasteiger partial charge on any atom is 0.401 e. The third kappa shape index (κ3) is 5.88. The number of ether oxygens (including phenoxy) is 1. The topological polar surface area (TPSA) is 83.7 Å². The van der Waals surface area contributed by atoms with Crippen molar-refractivity contribution in [2.24, 2.45) is 7.05 Å². The predicted molar refractivity (Wildman–Crippen MR) is 133 cm³/mol. The van der Waals surface area contributed by atoms with Gasteiger partial charge < -0.3 is 19.5 Å². The van der Waals surface area contributed by atoms with Crippen LogP contribution < -0.4 is 15.6 Å². The molecule has 0 amide bonds. The zero-order valence-corrected chi connectivity index (χ0v) is 21.2. The fourth-order valence-electron chi connectivity index (χ4n) is 3.80. The molecule has 0 aliphatic heterocycles. The Hall–Kier alpha value is -3.32. The van der Waals surface area contributed by atoms with Crippen LogP contribution in [0.1, 0.15) is 30.5 Å². The summed E-state index contributed by atoms with van der Waals surface area (Å²) in [4.78, 5) is 12.9. The number of pyridine rings is 1. The first-order valence-corrected chi connectivity index (χ1v) is 12.1. The Morgan fingerprint density at radius 3 is 2.37 bits per heavy atom. The summed E-state index contributed by atoms with van der Waals surface area (Å²) in [7, 11) is 1.48. The molecule has 0 aliphatic carbocycles. The normalized spacial score (nSPS) is 13.2.